The van der Waals surface area contributed by atoms with Crippen molar-refractivity contribution in [2.45, 2.75) is 45.8 Å². The van der Waals surface area contributed by atoms with Crippen LogP contribution in [0.15, 0.2) is 54.6 Å². The van der Waals surface area contributed by atoms with E-state index in [4.69, 9.17) is 4.74 Å². The van der Waals surface area contributed by atoms with Crippen LogP contribution in [0.5, 0.6) is 5.75 Å². The maximum absolute atomic E-state index is 12.3. The van der Waals surface area contributed by atoms with Crippen molar-refractivity contribution >= 4 is 5.91 Å². The van der Waals surface area contributed by atoms with Crippen LogP contribution >= 0.6 is 0 Å². The number of amides is 1. The number of ether oxygens (including phenoxy) is 1. The van der Waals surface area contributed by atoms with Gasteiger partial charge in [-0.05, 0) is 57.4 Å². The Kier molecular flexibility index (Phi) is 6.21. The molecule has 2 aromatic rings. The van der Waals surface area contributed by atoms with Gasteiger partial charge in [0.05, 0.1) is 6.10 Å². The number of hydrogen-bond donors (Lipinski definition) is 1. The Bertz CT molecular complexity index is 623. The normalized spacial score (nSPS) is 12.0. The van der Waals surface area contributed by atoms with Crippen molar-refractivity contribution in [2.75, 3.05) is 0 Å². The standard InChI is InChI=1S/C20H25NO2/c1-15(2)23-19-11-7-10-18(14-19)20(22)21-16(3)12-13-17-8-5-4-6-9-17/h4-11,14-16H,12-13H2,1-3H3,(H,21,22)/t16-/m1/s1. The van der Waals surface area contributed by atoms with Crippen molar-refractivity contribution in [1.82, 2.24) is 5.32 Å². The average molecular weight is 311 g/mol. The Morgan fingerprint density at radius 1 is 1.04 bits per heavy atom. The Labute approximate surface area is 138 Å². The predicted molar refractivity (Wildman–Crippen MR) is 93.9 cm³/mol. The molecule has 2 aromatic carbocycles. The molecule has 0 aliphatic heterocycles. The first-order chi connectivity index (χ1) is 11.0. The van der Waals surface area contributed by atoms with Crippen LogP contribution in [0.25, 0.3) is 0 Å². The third-order valence-corrected chi connectivity index (χ3v) is 3.55. The molecule has 0 aliphatic rings. The van der Waals surface area contributed by atoms with Crippen LogP contribution in [0.2, 0.25) is 0 Å². The molecule has 0 fully saturated rings. The van der Waals surface area contributed by atoms with Gasteiger partial charge in [0.15, 0.2) is 0 Å². The smallest absolute Gasteiger partial charge is 0.251 e. The molecule has 3 heteroatoms. The van der Waals surface area contributed by atoms with Crippen molar-refractivity contribution < 1.29 is 9.53 Å². The number of carbonyl (C=O) groups is 1. The highest BCUT2D eigenvalue weighted by molar-refractivity contribution is 5.94. The third-order valence-electron chi connectivity index (χ3n) is 3.55. The third kappa shape index (κ3) is 5.78. The van der Waals surface area contributed by atoms with Crippen LogP contribution in [0.3, 0.4) is 0 Å². The summed E-state index contributed by atoms with van der Waals surface area (Å²) in [6.45, 7) is 5.98. The van der Waals surface area contributed by atoms with Crippen molar-refractivity contribution in [3.05, 3.63) is 65.7 Å². The van der Waals surface area contributed by atoms with Gasteiger partial charge in [0.1, 0.15) is 5.75 Å². The quantitative estimate of drug-likeness (QED) is 0.831. The molecule has 2 rings (SSSR count). The van der Waals surface area contributed by atoms with Crippen LogP contribution in [0, 0.1) is 0 Å². The Morgan fingerprint density at radius 2 is 1.78 bits per heavy atom. The summed E-state index contributed by atoms with van der Waals surface area (Å²) in [6, 6.07) is 17.8. The summed E-state index contributed by atoms with van der Waals surface area (Å²) in [4.78, 5) is 12.3. The minimum atomic E-state index is -0.0558. The monoisotopic (exact) mass is 311 g/mol. The summed E-state index contributed by atoms with van der Waals surface area (Å²) in [7, 11) is 0. The van der Waals surface area contributed by atoms with Crippen molar-refractivity contribution in [1.29, 1.82) is 0 Å². The molecule has 0 radical (unpaired) electrons. The highest BCUT2D eigenvalue weighted by atomic mass is 16.5. The molecule has 0 aliphatic carbocycles. The van der Waals surface area contributed by atoms with E-state index in [-0.39, 0.29) is 18.1 Å². The summed E-state index contributed by atoms with van der Waals surface area (Å²) >= 11 is 0. The molecule has 0 unspecified atom stereocenters. The topological polar surface area (TPSA) is 38.3 Å². The Balaban J connectivity index is 1.88. The molecule has 0 aromatic heterocycles. The van der Waals surface area contributed by atoms with Crippen molar-refractivity contribution in [2.24, 2.45) is 0 Å². The highest BCUT2D eigenvalue weighted by Crippen LogP contribution is 2.15. The van der Waals surface area contributed by atoms with Crippen LogP contribution in [0.1, 0.15) is 43.1 Å². The van der Waals surface area contributed by atoms with Gasteiger partial charge in [-0.15, -0.1) is 0 Å². The minimum absolute atomic E-state index is 0.0558. The van der Waals surface area contributed by atoms with E-state index < -0.39 is 0 Å². The highest BCUT2D eigenvalue weighted by Gasteiger charge is 2.11. The summed E-state index contributed by atoms with van der Waals surface area (Å²) in [5.74, 6) is 0.671. The lowest BCUT2D eigenvalue weighted by molar-refractivity contribution is 0.0937. The fourth-order valence-corrected chi connectivity index (χ4v) is 2.39. The van der Waals surface area contributed by atoms with Crippen LogP contribution < -0.4 is 10.1 Å². The molecule has 1 N–H and O–H groups in total. The molecule has 3 nitrogen and oxygen atoms in total. The van der Waals surface area contributed by atoms with E-state index in [1.165, 1.54) is 5.56 Å². The fourth-order valence-electron chi connectivity index (χ4n) is 2.39. The molecule has 0 saturated carbocycles. The summed E-state index contributed by atoms with van der Waals surface area (Å²) < 4.78 is 5.64. The van der Waals surface area contributed by atoms with Gasteiger partial charge >= 0.3 is 0 Å². The lowest BCUT2D eigenvalue weighted by Gasteiger charge is -2.15. The van der Waals surface area contributed by atoms with Gasteiger partial charge in [0, 0.05) is 11.6 Å². The second-order valence-corrected chi connectivity index (χ2v) is 6.09. The lowest BCUT2D eigenvalue weighted by atomic mass is 10.1. The number of carbonyl (C=O) groups excluding carboxylic acids is 1. The molecular formula is C20H25NO2. The van der Waals surface area contributed by atoms with E-state index in [0.717, 1.165) is 18.6 Å². The maximum atomic E-state index is 12.3. The first-order valence-electron chi connectivity index (χ1n) is 8.16. The van der Waals surface area contributed by atoms with Gasteiger partial charge in [-0.1, -0.05) is 36.4 Å². The molecule has 0 heterocycles. The number of benzene rings is 2. The van der Waals surface area contributed by atoms with Crippen molar-refractivity contribution in [3.63, 3.8) is 0 Å². The SMILES string of the molecule is CC(C)Oc1cccc(C(=O)N[C@H](C)CCc2ccccc2)c1. The second kappa shape index (κ2) is 8.37. The summed E-state index contributed by atoms with van der Waals surface area (Å²) in [6.07, 6.45) is 1.97. The van der Waals surface area contributed by atoms with Crippen LogP contribution in [-0.2, 0) is 6.42 Å². The average Bonchev–Trinajstić information content (AvgIpc) is 2.53. The molecular weight excluding hydrogens is 286 g/mol. The molecule has 23 heavy (non-hydrogen) atoms. The minimum Gasteiger partial charge on any atom is -0.491 e. The lowest BCUT2D eigenvalue weighted by Crippen LogP contribution is -2.32. The van der Waals surface area contributed by atoms with Crippen LogP contribution in [0.4, 0.5) is 0 Å². The molecule has 1 atom stereocenters. The van der Waals surface area contributed by atoms with E-state index >= 15 is 0 Å². The Hall–Kier alpha value is -2.29. The molecule has 1 amide bonds. The van der Waals surface area contributed by atoms with Crippen LogP contribution in [-0.4, -0.2) is 18.1 Å². The number of rotatable bonds is 7. The van der Waals surface area contributed by atoms with E-state index in [9.17, 15) is 4.79 Å². The van der Waals surface area contributed by atoms with E-state index in [2.05, 4.69) is 17.4 Å². The zero-order valence-corrected chi connectivity index (χ0v) is 14.1. The zero-order chi connectivity index (χ0) is 16.7. The molecule has 122 valence electrons. The van der Waals surface area contributed by atoms with Gasteiger partial charge in [0.25, 0.3) is 5.91 Å². The predicted octanol–water partition coefficient (Wildman–Crippen LogP) is 4.22. The van der Waals surface area contributed by atoms with Gasteiger partial charge in [-0.3, -0.25) is 4.79 Å². The largest absolute Gasteiger partial charge is 0.491 e. The van der Waals surface area contributed by atoms with Gasteiger partial charge in [0.2, 0.25) is 0 Å². The molecule has 0 bridgehead atoms. The number of hydrogen-bond acceptors (Lipinski definition) is 2. The Morgan fingerprint density at radius 3 is 2.48 bits per heavy atom. The van der Waals surface area contributed by atoms with Crippen molar-refractivity contribution in [3.8, 4) is 5.75 Å². The van der Waals surface area contributed by atoms with E-state index in [1.807, 2.05) is 57.2 Å². The first-order valence-corrected chi connectivity index (χ1v) is 8.16. The summed E-state index contributed by atoms with van der Waals surface area (Å²) in [5, 5.41) is 3.05. The maximum Gasteiger partial charge on any atom is 0.251 e. The van der Waals surface area contributed by atoms with Gasteiger partial charge in [-0.25, -0.2) is 0 Å². The number of aryl methyl sites for hydroxylation is 1. The first kappa shape index (κ1) is 17.1. The van der Waals surface area contributed by atoms with E-state index in [1.54, 1.807) is 6.07 Å². The second-order valence-electron chi connectivity index (χ2n) is 6.09. The number of nitrogens with one attached hydrogen (secondary N) is 1. The van der Waals surface area contributed by atoms with Gasteiger partial charge in [-0.2, -0.15) is 0 Å². The summed E-state index contributed by atoms with van der Waals surface area (Å²) in [5.41, 5.74) is 1.93. The van der Waals surface area contributed by atoms with Gasteiger partial charge < -0.3 is 10.1 Å². The molecule has 0 spiro atoms. The van der Waals surface area contributed by atoms with E-state index in [0.29, 0.717) is 5.56 Å². The zero-order valence-electron chi connectivity index (χ0n) is 14.1. The molecule has 0 saturated heterocycles. The fraction of sp³-hybridized carbons (Fsp3) is 0.350.